The first-order valence-corrected chi connectivity index (χ1v) is 14.5. The van der Waals surface area contributed by atoms with Crippen molar-refractivity contribution in [2.45, 2.75) is 90.9 Å². The fourth-order valence-corrected chi connectivity index (χ4v) is 4.88. The molecule has 1 fully saturated rings. The molecule has 1 aliphatic heterocycles. The fourth-order valence-electron chi connectivity index (χ4n) is 3.52. The Morgan fingerprint density at radius 1 is 1.21 bits per heavy atom. The summed E-state index contributed by atoms with van der Waals surface area (Å²) in [6, 6.07) is 6.72. The average Bonchev–Trinajstić information content (AvgIpc) is 3.12. The summed E-state index contributed by atoms with van der Waals surface area (Å²) in [6.07, 6.45) is 4.37. The Hall–Kier alpha value is -2.14. The molecule has 1 saturated heterocycles. The second kappa shape index (κ2) is 10.0. The van der Waals surface area contributed by atoms with Crippen LogP contribution in [0.1, 0.15) is 59.1 Å². The number of nitrogens with one attached hydrogen (secondary N) is 1. The third kappa shape index (κ3) is 6.69. The maximum atomic E-state index is 13.2. The lowest BCUT2D eigenvalue weighted by molar-refractivity contribution is -0.150. The fraction of sp³-hybridized carbons (Fsp3) is 0.615. The molecule has 1 aliphatic rings. The van der Waals surface area contributed by atoms with Gasteiger partial charge in [-0.1, -0.05) is 59.6 Å². The third-order valence-electron chi connectivity index (χ3n) is 6.76. The molecule has 2 rings (SSSR count). The van der Waals surface area contributed by atoms with Crippen LogP contribution in [0.15, 0.2) is 24.3 Å². The number of amides is 2. The van der Waals surface area contributed by atoms with E-state index < -0.39 is 31.8 Å². The van der Waals surface area contributed by atoms with E-state index in [9.17, 15) is 14.7 Å². The van der Waals surface area contributed by atoms with Gasteiger partial charge in [-0.05, 0) is 41.2 Å². The molecule has 1 heterocycles. The smallest absolute Gasteiger partial charge is 0.252 e. The molecule has 0 radical (unpaired) electrons. The first-order chi connectivity index (χ1) is 15.1. The second-order valence-electron chi connectivity index (χ2n) is 11.6. The number of hydrogen-bond donors (Lipinski definition) is 2. The standard InChI is InChI=1S/C26H40N2O4Si/c1-10-18-11-13-19(14-12-18)16-27-23(30)21-15-20(32-33(8,9)26(5,6)7)17-28(21)24(31)22(29)25(2,3)4/h1,11-14,20-22,29H,15-17H2,2-9H3,(H,27,30)/t20?,21-,22+/m0/s1. The normalized spacial score (nSPS) is 20.3. The van der Waals surface area contributed by atoms with E-state index in [2.05, 4.69) is 45.1 Å². The Morgan fingerprint density at radius 2 is 1.79 bits per heavy atom. The first kappa shape index (κ1) is 27.1. The van der Waals surface area contributed by atoms with Crippen LogP contribution in [0.3, 0.4) is 0 Å². The number of carbonyl (C=O) groups is 2. The molecule has 0 bridgehead atoms. The topological polar surface area (TPSA) is 78.9 Å². The van der Waals surface area contributed by atoms with E-state index in [1.165, 1.54) is 4.90 Å². The van der Waals surface area contributed by atoms with Gasteiger partial charge in [0.15, 0.2) is 8.32 Å². The molecule has 0 aliphatic carbocycles. The zero-order valence-corrected chi connectivity index (χ0v) is 22.4. The van der Waals surface area contributed by atoms with Crippen molar-refractivity contribution in [3.05, 3.63) is 35.4 Å². The first-order valence-electron chi connectivity index (χ1n) is 11.6. The van der Waals surface area contributed by atoms with Crippen molar-refractivity contribution in [3.63, 3.8) is 0 Å². The summed E-state index contributed by atoms with van der Waals surface area (Å²) in [5, 5.41) is 13.6. The molecule has 7 heteroatoms. The summed E-state index contributed by atoms with van der Waals surface area (Å²) < 4.78 is 6.54. The van der Waals surface area contributed by atoms with Gasteiger partial charge < -0.3 is 19.7 Å². The molecule has 0 saturated carbocycles. The highest BCUT2D eigenvalue weighted by molar-refractivity contribution is 6.74. The van der Waals surface area contributed by atoms with E-state index in [4.69, 9.17) is 10.8 Å². The molecular weight excluding hydrogens is 432 g/mol. The molecular formula is C26H40N2O4Si. The number of rotatable bonds is 6. The van der Waals surface area contributed by atoms with Gasteiger partial charge in [0, 0.05) is 25.1 Å². The number of hydrogen-bond acceptors (Lipinski definition) is 4. The summed E-state index contributed by atoms with van der Waals surface area (Å²) in [4.78, 5) is 27.9. The van der Waals surface area contributed by atoms with Crippen LogP contribution in [0.5, 0.6) is 0 Å². The van der Waals surface area contributed by atoms with Crippen LogP contribution >= 0.6 is 0 Å². The van der Waals surface area contributed by atoms with Crippen molar-refractivity contribution in [1.29, 1.82) is 0 Å². The summed E-state index contributed by atoms with van der Waals surface area (Å²) in [5.41, 5.74) is 1.07. The number of nitrogens with zero attached hydrogens (tertiary/aromatic N) is 1. The zero-order chi connectivity index (χ0) is 25.2. The van der Waals surface area contributed by atoms with Crippen LogP contribution < -0.4 is 5.32 Å². The number of aliphatic hydroxyl groups excluding tert-OH is 1. The van der Waals surface area contributed by atoms with Crippen LogP contribution in [0.25, 0.3) is 0 Å². The van der Waals surface area contributed by atoms with Crippen molar-refractivity contribution >= 4 is 20.1 Å². The summed E-state index contributed by atoms with van der Waals surface area (Å²) in [5.74, 6) is 1.90. The van der Waals surface area contributed by atoms with Gasteiger partial charge in [-0.3, -0.25) is 9.59 Å². The molecule has 2 N–H and O–H groups in total. The zero-order valence-electron chi connectivity index (χ0n) is 21.4. The van der Waals surface area contributed by atoms with Gasteiger partial charge in [0.2, 0.25) is 5.91 Å². The van der Waals surface area contributed by atoms with E-state index >= 15 is 0 Å². The van der Waals surface area contributed by atoms with Crippen LogP contribution in [0.2, 0.25) is 18.1 Å². The predicted molar refractivity (Wildman–Crippen MR) is 134 cm³/mol. The van der Waals surface area contributed by atoms with Crippen molar-refractivity contribution in [2.24, 2.45) is 5.41 Å². The van der Waals surface area contributed by atoms with E-state index in [-0.39, 0.29) is 17.0 Å². The van der Waals surface area contributed by atoms with Crippen molar-refractivity contribution in [1.82, 2.24) is 10.2 Å². The number of terminal acetylenes is 1. The Labute approximate surface area is 200 Å². The number of carbonyl (C=O) groups excluding carboxylic acids is 2. The quantitative estimate of drug-likeness (QED) is 0.489. The van der Waals surface area contributed by atoms with Crippen molar-refractivity contribution < 1.29 is 19.1 Å². The van der Waals surface area contributed by atoms with E-state index in [0.717, 1.165) is 11.1 Å². The molecule has 3 atom stereocenters. The minimum atomic E-state index is -2.09. The van der Waals surface area contributed by atoms with Gasteiger partial charge in [0.05, 0.1) is 6.10 Å². The SMILES string of the molecule is C#Cc1ccc(CNC(=O)[C@@H]2CC(O[Si](C)(C)C(C)(C)C)CN2C(=O)[C@@H](O)C(C)(C)C)cc1. The van der Waals surface area contributed by atoms with Crippen LogP contribution in [-0.4, -0.2) is 54.9 Å². The molecule has 1 unspecified atom stereocenters. The van der Waals surface area contributed by atoms with Gasteiger partial charge in [-0.2, -0.15) is 0 Å². The molecule has 2 amide bonds. The monoisotopic (exact) mass is 472 g/mol. The van der Waals surface area contributed by atoms with Gasteiger partial charge in [0.1, 0.15) is 12.1 Å². The molecule has 1 aromatic carbocycles. The summed E-state index contributed by atoms with van der Waals surface area (Å²) in [7, 11) is -2.09. The van der Waals surface area contributed by atoms with E-state index in [0.29, 0.717) is 19.5 Å². The minimum Gasteiger partial charge on any atom is -0.412 e. The number of aliphatic hydroxyl groups is 1. The largest absolute Gasteiger partial charge is 0.412 e. The van der Waals surface area contributed by atoms with Crippen LogP contribution in [0, 0.1) is 17.8 Å². The highest BCUT2D eigenvalue weighted by atomic mass is 28.4. The molecule has 6 nitrogen and oxygen atoms in total. The van der Waals surface area contributed by atoms with Gasteiger partial charge in [-0.15, -0.1) is 6.42 Å². The van der Waals surface area contributed by atoms with E-state index in [1.54, 1.807) is 0 Å². The minimum absolute atomic E-state index is 0.0116. The van der Waals surface area contributed by atoms with E-state index in [1.807, 2.05) is 45.0 Å². The maximum Gasteiger partial charge on any atom is 0.252 e. The van der Waals surface area contributed by atoms with Gasteiger partial charge in [-0.25, -0.2) is 0 Å². The third-order valence-corrected chi connectivity index (χ3v) is 11.3. The van der Waals surface area contributed by atoms with Crippen LogP contribution in [0.4, 0.5) is 0 Å². The number of likely N-dealkylation sites (tertiary alicyclic amines) is 1. The Balaban J connectivity index is 2.19. The average molecular weight is 473 g/mol. The maximum absolute atomic E-state index is 13.2. The lowest BCUT2D eigenvalue weighted by Crippen LogP contribution is -2.52. The lowest BCUT2D eigenvalue weighted by atomic mass is 9.88. The van der Waals surface area contributed by atoms with Crippen molar-refractivity contribution in [2.75, 3.05) is 6.54 Å². The molecule has 0 aromatic heterocycles. The Kier molecular flexibility index (Phi) is 8.22. The highest BCUT2D eigenvalue weighted by Gasteiger charge is 2.47. The Morgan fingerprint density at radius 3 is 2.27 bits per heavy atom. The molecule has 182 valence electrons. The second-order valence-corrected chi connectivity index (χ2v) is 16.3. The Bertz CT molecular complexity index is 891. The number of benzene rings is 1. The lowest BCUT2D eigenvalue weighted by Gasteiger charge is -2.38. The predicted octanol–water partition coefficient (Wildman–Crippen LogP) is 3.68. The van der Waals surface area contributed by atoms with Crippen LogP contribution in [-0.2, 0) is 20.6 Å². The molecule has 33 heavy (non-hydrogen) atoms. The van der Waals surface area contributed by atoms with Gasteiger partial charge >= 0.3 is 0 Å². The molecule has 1 aromatic rings. The summed E-state index contributed by atoms with van der Waals surface area (Å²) >= 11 is 0. The summed E-state index contributed by atoms with van der Waals surface area (Å²) in [6.45, 7) is 16.9. The highest BCUT2D eigenvalue weighted by Crippen LogP contribution is 2.39. The van der Waals surface area contributed by atoms with Gasteiger partial charge in [0.25, 0.3) is 5.91 Å². The molecule has 0 spiro atoms. The van der Waals surface area contributed by atoms with Crippen molar-refractivity contribution in [3.8, 4) is 12.3 Å².